The van der Waals surface area contributed by atoms with Gasteiger partial charge in [0.2, 0.25) is 0 Å². The molecule has 0 aliphatic rings. The lowest BCUT2D eigenvalue weighted by molar-refractivity contribution is 0.102. The second kappa shape index (κ2) is 6.03. The van der Waals surface area contributed by atoms with E-state index in [1.807, 2.05) is 29.6 Å². The molecule has 2 aromatic heterocycles. The molecule has 0 spiro atoms. The number of anilines is 1. The predicted octanol–water partition coefficient (Wildman–Crippen LogP) is 4.11. The van der Waals surface area contributed by atoms with Crippen LogP contribution in [0.15, 0.2) is 54.0 Å². The van der Waals surface area contributed by atoms with E-state index >= 15 is 0 Å². The Morgan fingerprint density at radius 3 is 2.81 bits per heavy atom. The number of amides is 1. The molecule has 0 aliphatic heterocycles. The first-order valence-electron chi connectivity index (χ1n) is 6.16. The van der Waals surface area contributed by atoms with E-state index in [9.17, 15) is 4.79 Å². The van der Waals surface area contributed by atoms with Gasteiger partial charge in [-0.2, -0.15) is 0 Å². The number of thiazole rings is 1. The van der Waals surface area contributed by atoms with Crippen LogP contribution in [-0.2, 0) is 0 Å². The molecule has 104 valence electrons. The molecule has 6 heteroatoms. The van der Waals surface area contributed by atoms with Crippen LogP contribution in [0.1, 0.15) is 10.5 Å². The second-order valence-corrected chi connectivity index (χ2v) is 5.50. The average Bonchev–Trinajstić information content (AvgIpc) is 3.02. The molecule has 0 atom stereocenters. The van der Waals surface area contributed by atoms with E-state index in [4.69, 9.17) is 11.6 Å². The summed E-state index contributed by atoms with van der Waals surface area (Å²) in [6.07, 6.45) is 1.75. The molecule has 3 rings (SSSR count). The van der Waals surface area contributed by atoms with Crippen LogP contribution in [0, 0.1) is 0 Å². The third-order valence-corrected chi connectivity index (χ3v) is 3.78. The molecule has 4 nitrogen and oxygen atoms in total. The highest BCUT2D eigenvalue weighted by Gasteiger charge is 2.09. The fourth-order valence-electron chi connectivity index (χ4n) is 1.83. The standard InChI is InChI=1S/C15H10ClN3OS/c16-13-6-2-5-12(19-13)14(20)18-11-4-1-3-10(9-11)15-17-7-8-21-15/h1-9H,(H,18,20). The fourth-order valence-corrected chi connectivity index (χ4v) is 2.63. The van der Waals surface area contributed by atoms with E-state index in [0.717, 1.165) is 10.6 Å². The Morgan fingerprint density at radius 2 is 2.05 bits per heavy atom. The van der Waals surface area contributed by atoms with Crippen LogP contribution < -0.4 is 5.32 Å². The maximum Gasteiger partial charge on any atom is 0.274 e. The molecule has 0 aliphatic carbocycles. The third-order valence-electron chi connectivity index (χ3n) is 2.75. The van der Waals surface area contributed by atoms with E-state index in [0.29, 0.717) is 10.8 Å². The summed E-state index contributed by atoms with van der Waals surface area (Å²) in [7, 11) is 0. The van der Waals surface area contributed by atoms with Crippen molar-refractivity contribution in [3.63, 3.8) is 0 Å². The third kappa shape index (κ3) is 3.26. The summed E-state index contributed by atoms with van der Waals surface area (Å²) in [4.78, 5) is 20.4. The van der Waals surface area contributed by atoms with Crippen molar-refractivity contribution in [3.8, 4) is 10.6 Å². The molecule has 0 saturated carbocycles. The van der Waals surface area contributed by atoms with Gasteiger partial charge in [0, 0.05) is 22.8 Å². The zero-order valence-electron chi connectivity index (χ0n) is 10.8. The summed E-state index contributed by atoms with van der Waals surface area (Å²) in [6.45, 7) is 0. The summed E-state index contributed by atoms with van der Waals surface area (Å²) >= 11 is 7.34. The van der Waals surface area contributed by atoms with Crippen LogP contribution in [0.2, 0.25) is 5.15 Å². The molecular formula is C15H10ClN3OS. The minimum atomic E-state index is -0.297. The number of benzene rings is 1. The van der Waals surface area contributed by atoms with Crippen molar-refractivity contribution in [2.75, 3.05) is 5.32 Å². The fraction of sp³-hybridized carbons (Fsp3) is 0. The molecule has 0 unspecified atom stereocenters. The van der Waals surface area contributed by atoms with Crippen LogP contribution in [0.5, 0.6) is 0 Å². The van der Waals surface area contributed by atoms with Crippen LogP contribution in [-0.4, -0.2) is 15.9 Å². The highest BCUT2D eigenvalue weighted by molar-refractivity contribution is 7.13. The Balaban J connectivity index is 1.82. The van der Waals surface area contributed by atoms with E-state index in [-0.39, 0.29) is 11.6 Å². The van der Waals surface area contributed by atoms with Crippen molar-refractivity contribution in [1.82, 2.24) is 9.97 Å². The van der Waals surface area contributed by atoms with Crippen LogP contribution in [0.4, 0.5) is 5.69 Å². The SMILES string of the molecule is O=C(Nc1cccc(-c2nccs2)c1)c1cccc(Cl)n1. The highest BCUT2D eigenvalue weighted by atomic mass is 35.5. The number of carbonyl (C=O) groups excluding carboxylic acids is 1. The van der Waals surface area contributed by atoms with Gasteiger partial charge in [-0.3, -0.25) is 4.79 Å². The molecule has 1 aromatic carbocycles. The Bertz CT molecular complexity index is 774. The minimum Gasteiger partial charge on any atom is -0.321 e. The van der Waals surface area contributed by atoms with Gasteiger partial charge < -0.3 is 5.32 Å². The molecule has 1 amide bonds. The van der Waals surface area contributed by atoms with Gasteiger partial charge in [0.1, 0.15) is 15.9 Å². The maximum absolute atomic E-state index is 12.1. The van der Waals surface area contributed by atoms with E-state index in [1.54, 1.807) is 35.7 Å². The normalized spacial score (nSPS) is 10.3. The topological polar surface area (TPSA) is 54.9 Å². The van der Waals surface area contributed by atoms with E-state index in [2.05, 4.69) is 15.3 Å². The summed E-state index contributed by atoms with van der Waals surface area (Å²) in [5.41, 5.74) is 1.93. The predicted molar refractivity (Wildman–Crippen MR) is 84.8 cm³/mol. The quantitative estimate of drug-likeness (QED) is 0.740. The summed E-state index contributed by atoms with van der Waals surface area (Å²) in [6, 6.07) is 12.5. The first-order chi connectivity index (χ1) is 10.2. The molecule has 3 aromatic rings. The number of hydrogen-bond acceptors (Lipinski definition) is 4. The van der Waals surface area contributed by atoms with Gasteiger partial charge in [-0.1, -0.05) is 29.8 Å². The van der Waals surface area contributed by atoms with Crippen molar-refractivity contribution < 1.29 is 4.79 Å². The highest BCUT2D eigenvalue weighted by Crippen LogP contribution is 2.24. The van der Waals surface area contributed by atoms with Crippen LogP contribution in [0.25, 0.3) is 10.6 Å². The average molecular weight is 316 g/mol. The Morgan fingerprint density at radius 1 is 1.19 bits per heavy atom. The Labute approximate surface area is 130 Å². The van der Waals surface area contributed by atoms with Crippen molar-refractivity contribution in [3.05, 3.63) is 64.9 Å². The zero-order valence-corrected chi connectivity index (χ0v) is 12.4. The zero-order chi connectivity index (χ0) is 14.7. The smallest absolute Gasteiger partial charge is 0.274 e. The van der Waals surface area contributed by atoms with Crippen LogP contribution in [0.3, 0.4) is 0 Å². The van der Waals surface area contributed by atoms with E-state index in [1.165, 1.54) is 0 Å². The number of pyridine rings is 1. The van der Waals surface area contributed by atoms with Gasteiger partial charge in [0.15, 0.2) is 0 Å². The number of hydrogen-bond donors (Lipinski definition) is 1. The lowest BCUT2D eigenvalue weighted by atomic mass is 10.2. The van der Waals surface area contributed by atoms with E-state index < -0.39 is 0 Å². The molecule has 0 bridgehead atoms. The number of carbonyl (C=O) groups is 1. The minimum absolute atomic E-state index is 0.280. The molecule has 1 N–H and O–H groups in total. The summed E-state index contributed by atoms with van der Waals surface area (Å²) in [5.74, 6) is -0.297. The van der Waals surface area contributed by atoms with Gasteiger partial charge in [-0.05, 0) is 24.3 Å². The molecular weight excluding hydrogens is 306 g/mol. The number of halogens is 1. The summed E-state index contributed by atoms with van der Waals surface area (Å²) < 4.78 is 0. The largest absolute Gasteiger partial charge is 0.321 e. The van der Waals surface area contributed by atoms with Crippen LogP contribution >= 0.6 is 22.9 Å². The molecule has 0 radical (unpaired) electrons. The lowest BCUT2D eigenvalue weighted by Crippen LogP contribution is -2.13. The van der Waals surface area contributed by atoms with Gasteiger partial charge in [0.05, 0.1) is 0 Å². The maximum atomic E-state index is 12.1. The van der Waals surface area contributed by atoms with Gasteiger partial charge >= 0.3 is 0 Å². The molecule has 21 heavy (non-hydrogen) atoms. The van der Waals surface area contributed by atoms with Crippen molar-refractivity contribution in [2.45, 2.75) is 0 Å². The molecule has 0 saturated heterocycles. The molecule has 2 heterocycles. The van der Waals surface area contributed by atoms with Crippen molar-refractivity contribution in [2.24, 2.45) is 0 Å². The van der Waals surface area contributed by atoms with Crippen molar-refractivity contribution >= 4 is 34.5 Å². The Hall–Kier alpha value is -2.24. The molecule has 0 fully saturated rings. The Kier molecular flexibility index (Phi) is 3.94. The van der Waals surface area contributed by atoms with Crippen molar-refractivity contribution in [1.29, 1.82) is 0 Å². The van der Waals surface area contributed by atoms with Gasteiger partial charge in [0.25, 0.3) is 5.91 Å². The second-order valence-electron chi connectivity index (χ2n) is 4.22. The number of nitrogens with zero attached hydrogens (tertiary/aromatic N) is 2. The number of aromatic nitrogens is 2. The first kappa shape index (κ1) is 13.7. The lowest BCUT2D eigenvalue weighted by Gasteiger charge is -2.06. The first-order valence-corrected chi connectivity index (χ1v) is 7.42. The number of rotatable bonds is 3. The summed E-state index contributed by atoms with van der Waals surface area (Å²) in [5, 5.41) is 5.92. The van der Waals surface area contributed by atoms with Gasteiger partial charge in [-0.25, -0.2) is 9.97 Å². The van der Waals surface area contributed by atoms with Gasteiger partial charge in [-0.15, -0.1) is 11.3 Å². The number of nitrogens with one attached hydrogen (secondary N) is 1. The monoisotopic (exact) mass is 315 g/mol.